The molecule has 2 nitrogen and oxygen atoms in total. The van der Waals surface area contributed by atoms with Crippen LogP contribution in [-0.4, -0.2) is 4.98 Å². The lowest BCUT2D eigenvalue weighted by atomic mass is 9.79. The number of hydrogen-bond donors (Lipinski definition) is 1. The molecule has 2 heteroatoms. The summed E-state index contributed by atoms with van der Waals surface area (Å²) >= 11 is 0. The molecule has 1 atom stereocenters. The van der Waals surface area contributed by atoms with Gasteiger partial charge in [-0.1, -0.05) is 55.5 Å². The molecule has 2 aromatic carbocycles. The fraction of sp³-hybridized carbons (Fsp3) is 0.167. The summed E-state index contributed by atoms with van der Waals surface area (Å²) in [6.45, 7) is 2.13. The van der Waals surface area contributed by atoms with Crippen molar-refractivity contribution in [3.63, 3.8) is 0 Å². The molecule has 0 saturated heterocycles. The van der Waals surface area contributed by atoms with Crippen LogP contribution in [0.1, 0.15) is 24.5 Å². The zero-order valence-electron chi connectivity index (χ0n) is 11.6. The van der Waals surface area contributed by atoms with Crippen LogP contribution in [0.25, 0.3) is 10.8 Å². The van der Waals surface area contributed by atoms with Gasteiger partial charge in [0.2, 0.25) is 0 Å². The first-order valence-electron chi connectivity index (χ1n) is 6.93. The lowest BCUT2D eigenvalue weighted by Crippen LogP contribution is -2.37. The lowest BCUT2D eigenvalue weighted by Gasteiger charge is -2.30. The Kier molecular flexibility index (Phi) is 3.25. The molecule has 0 amide bonds. The number of pyridine rings is 1. The second-order valence-corrected chi connectivity index (χ2v) is 5.09. The molecule has 0 saturated carbocycles. The van der Waals surface area contributed by atoms with E-state index in [9.17, 15) is 0 Å². The summed E-state index contributed by atoms with van der Waals surface area (Å²) in [5, 5.41) is 2.31. The number of rotatable bonds is 3. The SMILES string of the molecule is CCC(N)(c1ccccc1)c1cccc2cnccc12. The van der Waals surface area contributed by atoms with E-state index in [1.807, 2.05) is 36.7 Å². The van der Waals surface area contributed by atoms with Crippen molar-refractivity contribution in [1.82, 2.24) is 4.98 Å². The lowest BCUT2D eigenvalue weighted by molar-refractivity contribution is 0.523. The van der Waals surface area contributed by atoms with E-state index in [1.54, 1.807) is 0 Å². The summed E-state index contributed by atoms with van der Waals surface area (Å²) in [7, 11) is 0. The Morgan fingerprint density at radius 1 is 1.00 bits per heavy atom. The molecule has 0 aliphatic heterocycles. The van der Waals surface area contributed by atoms with Gasteiger partial charge in [-0.3, -0.25) is 4.98 Å². The van der Waals surface area contributed by atoms with E-state index >= 15 is 0 Å². The second kappa shape index (κ2) is 5.06. The Morgan fingerprint density at radius 2 is 1.80 bits per heavy atom. The summed E-state index contributed by atoms with van der Waals surface area (Å²) < 4.78 is 0. The molecule has 0 spiro atoms. The molecular formula is C18H18N2. The van der Waals surface area contributed by atoms with E-state index in [-0.39, 0.29) is 0 Å². The van der Waals surface area contributed by atoms with Gasteiger partial charge >= 0.3 is 0 Å². The van der Waals surface area contributed by atoms with Crippen molar-refractivity contribution in [2.24, 2.45) is 5.73 Å². The van der Waals surface area contributed by atoms with E-state index in [0.717, 1.165) is 22.9 Å². The Labute approximate surface area is 119 Å². The van der Waals surface area contributed by atoms with Crippen molar-refractivity contribution in [2.75, 3.05) is 0 Å². The Morgan fingerprint density at radius 3 is 2.55 bits per heavy atom. The molecular weight excluding hydrogens is 244 g/mol. The van der Waals surface area contributed by atoms with Crippen LogP contribution in [-0.2, 0) is 5.54 Å². The van der Waals surface area contributed by atoms with Gasteiger partial charge in [0, 0.05) is 17.8 Å². The zero-order valence-corrected chi connectivity index (χ0v) is 11.6. The third-order valence-electron chi connectivity index (χ3n) is 4.01. The Hall–Kier alpha value is -2.19. The predicted octanol–water partition coefficient (Wildman–Crippen LogP) is 3.85. The number of nitrogens with zero attached hydrogens (tertiary/aromatic N) is 1. The molecule has 0 aliphatic carbocycles. The highest BCUT2D eigenvalue weighted by Gasteiger charge is 2.28. The molecule has 0 bridgehead atoms. The predicted molar refractivity (Wildman–Crippen MR) is 83.4 cm³/mol. The summed E-state index contributed by atoms with van der Waals surface area (Å²) in [4.78, 5) is 4.19. The number of aromatic nitrogens is 1. The van der Waals surface area contributed by atoms with Crippen LogP contribution in [0, 0.1) is 0 Å². The highest BCUT2D eigenvalue weighted by atomic mass is 14.7. The second-order valence-electron chi connectivity index (χ2n) is 5.09. The maximum atomic E-state index is 6.79. The molecule has 1 heterocycles. The van der Waals surface area contributed by atoms with E-state index < -0.39 is 5.54 Å². The van der Waals surface area contributed by atoms with Gasteiger partial charge in [-0.2, -0.15) is 0 Å². The van der Waals surface area contributed by atoms with Crippen molar-refractivity contribution >= 4 is 10.8 Å². The van der Waals surface area contributed by atoms with Crippen LogP contribution in [0.5, 0.6) is 0 Å². The summed E-state index contributed by atoms with van der Waals surface area (Å²) in [5.74, 6) is 0. The minimum Gasteiger partial charge on any atom is -0.318 e. The first-order valence-corrected chi connectivity index (χ1v) is 6.93. The van der Waals surface area contributed by atoms with Crippen LogP contribution in [0.2, 0.25) is 0 Å². The normalized spacial score (nSPS) is 14.1. The summed E-state index contributed by atoms with van der Waals surface area (Å²) in [5.41, 5.74) is 8.62. The van der Waals surface area contributed by atoms with Crippen molar-refractivity contribution < 1.29 is 0 Å². The Bertz CT molecular complexity index is 716. The fourth-order valence-corrected chi connectivity index (χ4v) is 2.80. The first-order chi connectivity index (χ1) is 9.75. The molecule has 3 rings (SSSR count). The molecule has 2 N–H and O–H groups in total. The van der Waals surface area contributed by atoms with Crippen LogP contribution in [0.15, 0.2) is 67.0 Å². The van der Waals surface area contributed by atoms with Gasteiger partial charge in [-0.05, 0) is 29.0 Å². The molecule has 0 fully saturated rings. The fourth-order valence-electron chi connectivity index (χ4n) is 2.80. The van der Waals surface area contributed by atoms with Crippen molar-refractivity contribution in [1.29, 1.82) is 0 Å². The Balaban J connectivity index is 2.27. The molecule has 20 heavy (non-hydrogen) atoms. The summed E-state index contributed by atoms with van der Waals surface area (Å²) in [6, 6.07) is 18.6. The van der Waals surface area contributed by atoms with Crippen LogP contribution < -0.4 is 5.73 Å². The topological polar surface area (TPSA) is 38.9 Å². The van der Waals surface area contributed by atoms with E-state index in [1.165, 1.54) is 5.39 Å². The minimum absolute atomic E-state index is 0.470. The molecule has 0 radical (unpaired) electrons. The van der Waals surface area contributed by atoms with Gasteiger partial charge in [-0.25, -0.2) is 0 Å². The largest absolute Gasteiger partial charge is 0.318 e. The van der Waals surface area contributed by atoms with Crippen molar-refractivity contribution in [2.45, 2.75) is 18.9 Å². The van der Waals surface area contributed by atoms with Gasteiger partial charge in [0.05, 0.1) is 5.54 Å². The van der Waals surface area contributed by atoms with Crippen LogP contribution in [0.4, 0.5) is 0 Å². The highest BCUT2D eigenvalue weighted by molar-refractivity contribution is 5.86. The van der Waals surface area contributed by atoms with Crippen LogP contribution in [0.3, 0.4) is 0 Å². The number of fused-ring (bicyclic) bond motifs is 1. The zero-order chi connectivity index (χ0) is 14.0. The monoisotopic (exact) mass is 262 g/mol. The molecule has 1 aromatic heterocycles. The quantitative estimate of drug-likeness (QED) is 0.778. The van der Waals surface area contributed by atoms with Crippen LogP contribution >= 0.6 is 0 Å². The van der Waals surface area contributed by atoms with Gasteiger partial charge in [0.25, 0.3) is 0 Å². The van der Waals surface area contributed by atoms with Gasteiger partial charge in [0.1, 0.15) is 0 Å². The maximum absolute atomic E-state index is 6.79. The van der Waals surface area contributed by atoms with Gasteiger partial charge < -0.3 is 5.73 Å². The first kappa shape index (κ1) is 12.8. The van der Waals surface area contributed by atoms with Gasteiger partial charge in [0.15, 0.2) is 0 Å². The number of nitrogens with two attached hydrogens (primary N) is 1. The van der Waals surface area contributed by atoms with Gasteiger partial charge in [-0.15, -0.1) is 0 Å². The molecule has 100 valence electrons. The average Bonchev–Trinajstić information content (AvgIpc) is 2.54. The van der Waals surface area contributed by atoms with Crippen molar-refractivity contribution in [3.8, 4) is 0 Å². The number of benzene rings is 2. The van der Waals surface area contributed by atoms with E-state index in [0.29, 0.717) is 0 Å². The van der Waals surface area contributed by atoms with E-state index in [4.69, 9.17) is 5.73 Å². The van der Waals surface area contributed by atoms with Crippen molar-refractivity contribution in [3.05, 3.63) is 78.1 Å². The third-order valence-corrected chi connectivity index (χ3v) is 4.01. The minimum atomic E-state index is -0.470. The smallest absolute Gasteiger partial charge is 0.0669 e. The van der Waals surface area contributed by atoms with E-state index in [2.05, 4.69) is 42.2 Å². The molecule has 3 aromatic rings. The summed E-state index contributed by atoms with van der Waals surface area (Å²) in [6.07, 6.45) is 4.56. The molecule has 0 aliphatic rings. The standard InChI is InChI=1S/C18H18N2/c1-2-18(19,15-8-4-3-5-9-15)17-10-6-7-14-13-20-12-11-16(14)17/h3-13H,2,19H2,1H3. The number of hydrogen-bond acceptors (Lipinski definition) is 2. The maximum Gasteiger partial charge on any atom is 0.0669 e. The third kappa shape index (κ3) is 1.98. The highest BCUT2D eigenvalue weighted by Crippen LogP contribution is 2.34. The average molecular weight is 262 g/mol. The molecule has 1 unspecified atom stereocenters.